The number of carbonyl (C=O) groups is 2. The minimum Gasteiger partial charge on any atom is -0.399 e. The van der Waals surface area contributed by atoms with E-state index in [-0.39, 0.29) is 30.1 Å². The van der Waals surface area contributed by atoms with Crippen molar-refractivity contribution in [3.05, 3.63) is 102 Å². The van der Waals surface area contributed by atoms with Crippen molar-refractivity contribution in [2.75, 3.05) is 12.3 Å². The zero-order valence-corrected chi connectivity index (χ0v) is 19.7. The lowest BCUT2D eigenvalue weighted by molar-refractivity contribution is -0.136. The average molecular weight is 455 g/mol. The van der Waals surface area contributed by atoms with Gasteiger partial charge in [-0.3, -0.25) is 9.59 Å². The van der Waals surface area contributed by atoms with Crippen molar-refractivity contribution >= 4 is 17.4 Å². The predicted molar refractivity (Wildman–Crippen MR) is 137 cm³/mol. The number of hydrogen-bond acceptors (Lipinski definition) is 3. The molecule has 1 fully saturated rings. The van der Waals surface area contributed by atoms with Crippen LogP contribution in [0, 0.1) is 0 Å². The smallest absolute Gasteiger partial charge is 0.223 e. The highest BCUT2D eigenvalue weighted by Crippen LogP contribution is 2.36. The SMILES string of the molecule is Nc1ccc(CCC(=O)CCC(=O)N2CCCCC2C(c2ccccc2)c2ccccc2)cc1. The first-order chi connectivity index (χ1) is 16.6. The molecule has 0 saturated carbocycles. The van der Waals surface area contributed by atoms with Crippen LogP contribution in [0.5, 0.6) is 0 Å². The van der Waals surface area contributed by atoms with Crippen LogP contribution in [0.1, 0.15) is 61.1 Å². The Balaban J connectivity index is 1.42. The van der Waals surface area contributed by atoms with Crippen molar-refractivity contribution in [2.24, 2.45) is 0 Å². The largest absolute Gasteiger partial charge is 0.399 e. The summed E-state index contributed by atoms with van der Waals surface area (Å²) in [5.74, 6) is 0.372. The minimum atomic E-state index is 0.0994. The van der Waals surface area contributed by atoms with E-state index in [1.54, 1.807) is 0 Å². The van der Waals surface area contributed by atoms with E-state index in [2.05, 4.69) is 53.4 Å². The fraction of sp³-hybridized carbons (Fsp3) is 0.333. The number of aryl methyl sites for hydroxylation is 1. The normalized spacial score (nSPS) is 15.9. The molecule has 0 aliphatic carbocycles. The number of ketones is 1. The molecule has 1 amide bonds. The van der Waals surface area contributed by atoms with Gasteiger partial charge in [-0.2, -0.15) is 0 Å². The van der Waals surface area contributed by atoms with Gasteiger partial charge in [-0.15, -0.1) is 0 Å². The Kier molecular flexibility index (Phi) is 8.13. The Morgan fingerprint density at radius 2 is 1.41 bits per heavy atom. The van der Waals surface area contributed by atoms with Gasteiger partial charge in [0.1, 0.15) is 5.78 Å². The standard InChI is InChI=1S/C30H34N2O2/c31-26-17-14-23(15-18-26)16-19-27(33)20-21-29(34)32-22-8-7-13-28(32)30(24-9-3-1-4-10-24)25-11-5-2-6-12-25/h1-6,9-12,14-15,17-18,28,30H,7-8,13,16,19-22,31H2. The van der Waals surface area contributed by atoms with Crippen molar-refractivity contribution in [1.29, 1.82) is 0 Å². The summed E-state index contributed by atoms with van der Waals surface area (Å²) < 4.78 is 0. The van der Waals surface area contributed by atoms with Crippen LogP contribution in [0.2, 0.25) is 0 Å². The van der Waals surface area contributed by atoms with E-state index in [1.165, 1.54) is 11.1 Å². The molecule has 1 unspecified atom stereocenters. The second kappa shape index (κ2) is 11.6. The number of nitrogen functional groups attached to an aromatic ring is 1. The zero-order valence-electron chi connectivity index (χ0n) is 19.7. The summed E-state index contributed by atoms with van der Waals surface area (Å²) in [6, 6.07) is 28.7. The van der Waals surface area contributed by atoms with E-state index in [1.807, 2.05) is 36.4 Å². The first-order valence-electron chi connectivity index (χ1n) is 12.4. The van der Waals surface area contributed by atoms with Crippen molar-refractivity contribution in [2.45, 2.75) is 56.9 Å². The van der Waals surface area contributed by atoms with Crippen molar-refractivity contribution < 1.29 is 9.59 Å². The number of Topliss-reactive ketones (excluding diaryl/α,β-unsaturated/α-hetero) is 1. The topological polar surface area (TPSA) is 63.4 Å². The fourth-order valence-corrected chi connectivity index (χ4v) is 5.05. The molecule has 1 saturated heterocycles. The van der Waals surface area contributed by atoms with Crippen molar-refractivity contribution in [3.8, 4) is 0 Å². The molecular weight excluding hydrogens is 420 g/mol. The number of amides is 1. The fourth-order valence-electron chi connectivity index (χ4n) is 5.05. The molecule has 3 aromatic carbocycles. The highest BCUT2D eigenvalue weighted by Gasteiger charge is 2.34. The van der Waals surface area contributed by atoms with Gasteiger partial charge in [0, 0.05) is 43.5 Å². The van der Waals surface area contributed by atoms with Crippen molar-refractivity contribution in [3.63, 3.8) is 0 Å². The Morgan fingerprint density at radius 3 is 2.03 bits per heavy atom. The molecule has 34 heavy (non-hydrogen) atoms. The number of anilines is 1. The van der Waals surface area contributed by atoms with Gasteiger partial charge < -0.3 is 10.6 Å². The summed E-state index contributed by atoms with van der Waals surface area (Å²) in [6.45, 7) is 0.763. The molecular formula is C30H34N2O2. The molecule has 0 spiro atoms. The molecule has 1 heterocycles. The average Bonchev–Trinajstić information content (AvgIpc) is 2.89. The van der Waals surface area contributed by atoms with Gasteiger partial charge in [-0.05, 0) is 54.5 Å². The van der Waals surface area contributed by atoms with Gasteiger partial charge in [0.2, 0.25) is 5.91 Å². The van der Waals surface area contributed by atoms with E-state index in [9.17, 15) is 9.59 Å². The Bertz CT molecular complexity index is 1020. The number of nitrogens with zero attached hydrogens (tertiary/aromatic N) is 1. The van der Waals surface area contributed by atoms with Gasteiger partial charge in [-0.25, -0.2) is 0 Å². The molecule has 3 aromatic rings. The molecule has 1 aliphatic rings. The van der Waals surface area contributed by atoms with Gasteiger partial charge in [0.05, 0.1) is 0 Å². The van der Waals surface area contributed by atoms with Gasteiger partial charge in [0.15, 0.2) is 0 Å². The number of hydrogen-bond donors (Lipinski definition) is 1. The van der Waals surface area contributed by atoms with Crippen LogP contribution >= 0.6 is 0 Å². The van der Waals surface area contributed by atoms with E-state index < -0.39 is 0 Å². The third-order valence-electron chi connectivity index (χ3n) is 6.86. The van der Waals surface area contributed by atoms with Crippen LogP contribution in [0.25, 0.3) is 0 Å². The van der Waals surface area contributed by atoms with Crippen LogP contribution in [0.15, 0.2) is 84.9 Å². The van der Waals surface area contributed by atoms with Crippen LogP contribution in [0.4, 0.5) is 5.69 Å². The maximum absolute atomic E-state index is 13.4. The summed E-state index contributed by atoms with van der Waals surface area (Å²) in [5, 5.41) is 0. The molecule has 0 radical (unpaired) electrons. The van der Waals surface area contributed by atoms with E-state index in [4.69, 9.17) is 5.73 Å². The Labute approximate surface area is 202 Å². The second-order valence-electron chi connectivity index (χ2n) is 9.23. The van der Waals surface area contributed by atoms with Gasteiger partial charge in [-0.1, -0.05) is 72.8 Å². The third-order valence-corrected chi connectivity index (χ3v) is 6.86. The molecule has 0 bridgehead atoms. The molecule has 4 rings (SSSR count). The molecule has 0 aromatic heterocycles. The van der Waals surface area contributed by atoms with E-state index >= 15 is 0 Å². The summed E-state index contributed by atoms with van der Waals surface area (Å²) >= 11 is 0. The Hall–Kier alpha value is -3.40. The summed E-state index contributed by atoms with van der Waals surface area (Å²) in [7, 11) is 0. The second-order valence-corrected chi connectivity index (χ2v) is 9.23. The zero-order chi connectivity index (χ0) is 23.8. The molecule has 4 heteroatoms. The number of nitrogens with two attached hydrogens (primary N) is 1. The highest BCUT2D eigenvalue weighted by molar-refractivity contribution is 5.85. The highest BCUT2D eigenvalue weighted by atomic mass is 16.2. The lowest BCUT2D eigenvalue weighted by atomic mass is 9.80. The van der Waals surface area contributed by atoms with Crippen LogP contribution in [0.3, 0.4) is 0 Å². The van der Waals surface area contributed by atoms with Gasteiger partial charge in [0.25, 0.3) is 0 Å². The van der Waals surface area contributed by atoms with Crippen molar-refractivity contribution in [1.82, 2.24) is 4.90 Å². The number of likely N-dealkylation sites (tertiary alicyclic amines) is 1. The summed E-state index contributed by atoms with van der Waals surface area (Å²) in [6.07, 6.45) is 4.84. The quantitative estimate of drug-likeness (QED) is 0.418. The maximum Gasteiger partial charge on any atom is 0.223 e. The number of rotatable bonds is 9. The number of benzene rings is 3. The minimum absolute atomic E-state index is 0.0994. The number of carbonyl (C=O) groups excluding carboxylic acids is 2. The molecule has 1 aliphatic heterocycles. The molecule has 2 N–H and O–H groups in total. The lowest BCUT2D eigenvalue weighted by Crippen LogP contribution is -2.47. The first kappa shape index (κ1) is 23.7. The predicted octanol–water partition coefficient (Wildman–Crippen LogP) is 5.76. The first-order valence-corrected chi connectivity index (χ1v) is 12.4. The van der Waals surface area contributed by atoms with Crippen LogP contribution in [-0.2, 0) is 16.0 Å². The Morgan fingerprint density at radius 1 is 0.794 bits per heavy atom. The summed E-state index contributed by atoms with van der Waals surface area (Å²) in [5.41, 5.74) is 10.0. The molecule has 176 valence electrons. The van der Waals surface area contributed by atoms with E-state index in [0.717, 1.165) is 37.1 Å². The monoisotopic (exact) mass is 454 g/mol. The lowest BCUT2D eigenvalue weighted by Gasteiger charge is -2.41. The molecule has 4 nitrogen and oxygen atoms in total. The van der Waals surface area contributed by atoms with Crippen LogP contribution < -0.4 is 5.73 Å². The maximum atomic E-state index is 13.4. The number of piperidine rings is 1. The summed E-state index contributed by atoms with van der Waals surface area (Å²) in [4.78, 5) is 27.9. The van der Waals surface area contributed by atoms with Crippen LogP contribution in [-0.4, -0.2) is 29.2 Å². The third kappa shape index (κ3) is 6.13. The molecule has 1 atom stereocenters. The van der Waals surface area contributed by atoms with E-state index in [0.29, 0.717) is 19.3 Å². The van der Waals surface area contributed by atoms with Gasteiger partial charge >= 0.3 is 0 Å².